The molecular weight excluding hydrogens is 400 g/mol. The molecule has 0 aromatic heterocycles. The number of nitrogens with two attached hydrogens (primary N) is 2. The Morgan fingerprint density at radius 2 is 1.41 bits per heavy atom. The summed E-state index contributed by atoms with van der Waals surface area (Å²) in [6.45, 7) is 1.10. The lowest BCUT2D eigenvalue weighted by molar-refractivity contribution is -0.137. The zero-order chi connectivity index (χ0) is 22.6. The minimum atomic E-state index is -0.304. The molecule has 0 radical (unpaired) electrons. The Balaban J connectivity index is 1.26. The molecule has 5 nitrogen and oxygen atoms in total. The Morgan fingerprint density at radius 1 is 0.750 bits per heavy atom. The van der Waals surface area contributed by atoms with E-state index in [1.807, 2.05) is 66.7 Å². The summed E-state index contributed by atoms with van der Waals surface area (Å²) in [7, 11) is 0. The monoisotopic (exact) mass is 430 g/mol. The van der Waals surface area contributed by atoms with Crippen molar-refractivity contribution >= 4 is 23.4 Å². The van der Waals surface area contributed by atoms with E-state index in [0.29, 0.717) is 24.6 Å². The summed E-state index contributed by atoms with van der Waals surface area (Å²) in [6, 6.07) is 23.2. The van der Waals surface area contributed by atoms with Crippen LogP contribution in [-0.4, -0.2) is 19.2 Å². The quantitative estimate of drug-likeness (QED) is 0.176. The second-order valence-electron chi connectivity index (χ2n) is 7.59. The van der Waals surface area contributed by atoms with Crippen LogP contribution in [0.4, 0.5) is 11.4 Å². The van der Waals surface area contributed by atoms with E-state index in [1.165, 1.54) is 6.08 Å². The van der Waals surface area contributed by atoms with E-state index in [-0.39, 0.29) is 5.97 Å². The maximum absolute atomic E-state index is 11.7. The molecule has 0 unspecified atom stereocenters. The summed E-state index contributed by atoms with van der Waals surface area (Å²) in [5, 5.41) is 0. The SMILES string of the molecule is Nc1cc(N)cc(-c2ccc(OCCCCCCOC(=O)C=Cc3ccccc3)cc2)c1. The Hall–Kier alpha value is -3.73. The molecule has 0 saturated heterocycles. The summed E-state index contributed by atoms with van der Waals surface area (Å²) >= 11 is 0. The van der Waals surface area contributed by atoms with Crippen molar-refractivity contribution in [2.45, 2.75) is 25.7 Å². The van der Waals surface area contributed by atoms with Gasteiger partial charge in [0.1, 0.15) is 5.75 Å². The van der Waals surface area contributed by atoms with Gasteiger partial charge in [-0.2, -0.15) is 0 Å². The number of carbonyl (C=O) groups excluding carboxylic acids is 1. The summed E-state index contributed by atoms with van der Waals surface area (Å²) in [4.78, 5) is 11.7. The number of anilines is 2. The first-order valence-electron chi connectivity index (χ1n) is 10.9. The van der Waals surface area contributed by atoms with E-state index < -0.39 is 0 Å². The van der Waals surface area contributed by atoms with Crippen LogP contribution in [0.25, 0.3) is 17.2 Å². The fourth-order valence-electron chi connectivity index (χ4n) is 3.28. The number of carbonyl (C=O) groups is 1. The van der Waals surface area contributed by atoms with Crippen molar-refractivity contribution in [1.82, 2.24) is 0 Å². The van der Waals surface area contributed by atoms with Gasteiger partial charge in [0.2, 0.25) is 0 Å². The predicted octanol–water partition coefficient (Wildman–Crippen LogP) is 5.71. The zero-order valence-electron chi connectivity index (χ0n) is 18.2. The molecule has 0 amide bonds. The second-order valence-corrected chi connectivity index (χ2v) is 7.59. The fraction of sp³-hybridized carbons (Fsp3) is 0.222. The summed E-state index contributed by atoms with van der Waals surface area (Å²) in [5.74, 6) is 0.534. The number of nitrogen functional groups attached to an aromatic ring is 2. The molecule has 3 rings (SSSR count). The van der Waals surface area contributed by atoms with Crippen LogP contribution in [0.2, 0.25) is 0 Å². The molecule has 32 heavy (non-hydrogen) atoms. The lowest BCUT2D eigenvalue weighted by Crippen LogP contribution is -2.02. The maximum atomic E-state index is 11.7. The van der Waals surface area contributed by atoms with Gasteiger partial charge < -0.3 is 20.9 Å². The highest BCUT2D eigenvalue weighted by atomic mass is 16.5. The molecular formula is C27H30N2O3. The van der Waals surface area contributed by atoms with E-state index in [9.17, 15) is 4.79 Å². The number of ether oxygens (including phenoxy) is 2. The Labute approximate surface area is 189 Å². The molecule has 0 heterocycles. The van der Waals surface area contributed by atoms with Crippen molar-refractivity contribution in [2.24, 2.45) is 0 Å². The lowest BCUT2D eigenvalue weighted by atomic mass is 10.0. The van der Waals surface area contributed by atoms with Gasteiger partial charge in [0.15, 0.2) is 0 Å². The number of rotatable bonds is 11. The molecule has 3 aromatic carbocycles. The van der Waals surface area contributed by atoms with Gasteiger partial charge in [-0.15, -0.1) is 0 Å². The van der Waals surface area contributed by atoms with E-state index in [1.54, 1.807) is 12.1 Å². The molecule has 0 fully saturated rings. The third kappa shape index (κ3) is 7.84. The number of esters is 1. The highest BCUT2D eigenvalue weighted by molar-refractivity contribution is 5.87. The third-order valence-electron chi connectivity index (χ3n) is 4.93. The molecule has 0 spiro atoms. The van der Waals surface area contributed by atoms with Crippen LogP contribution in [0.3, 0.4) is 0 Å². The number of benzene rings is 3. The fourth-order valence-corrected chi connectivity index (χ4v) is 3.28. The molecule has 166 valence electrons. The van der Waals surface area contributed by atoms with E-state index in [0.717, 1.165) is 48.1 Å². The van der Waals surface area contributed by atoms with Crippen LogP contribution < -0.4 is 16.2 Å². The zero-order valence-corrected chi connectivity index (χ0v) is 18.2. The largest absolute Gasteiger partial charge is 0.494 e. The molecule has 0 aliphatic rings. The molecule has 5 heteroatoms. The van der Waals surface area contributed by atoms with Crippen molar-refractivity contribution < 1.29 is 14.3 Å². The molecule has 0 atom stereocenters. The molecule has 4 N–H and O–H groups in total. The van der Waals surface area contributed by atoms with Crippen LogP contribution in [0.5, 0.6) is 5.75 Å². The van der Waals surface area contributed by atoms with Crippen molar-refractivity contribution in [3.8, 4) is 16.9 Å². The Kier molecular flexibility index (Phi) is 8.75. The number of hydrogen-bond acceptors (Lipinski definition) is 5. The van der Waals surface area contributed by atoms with Gasteiger partial charge in [0.05, 0.1) is 13.2 Å². The standard InChI is InChI=1S/C27H30N2O3/c28-24-18-23(19-25(29)20-24)22-11-13-26(14-12-22)31-16-6-1-2-7-17-32-27(30)15-10-21-8-4-3-5-9-21/h3-5,8-15,18-20H,1-2,6-7,16-17,28-29H2. The van der Waals surface area contributed by atoms with Gasteiger partial charge in [0, 0.05) is 17.5 Å². The first-order valence-corrected chi connectivity index (χ1v) is 10.9. The molecule has 3 aromatic rings. The first-order chi connectivity index (χ1) is 15.6. The van der Waals surface area contributed by atoms with Crippen molar-refractivity contribution in [1.29, 1.82) is 0 Å². The number of hydrogen-bond donors (Lipinski definition) is 2. The Bertz CT molecular complexity index is 995. The van der Waals surface area contributed by atoms with Crippen LogP contribution in [0.1, 0.15) is 31.2 Å². The van der Waals surface area contributed by atoms with E-state index in [4.69, 9.17) is 20.9 Å². The lowest BCUT2D eigenvalue weighted by Gasteiger charge is -2.09. The summed E-state index contributed by atoms with van der Waals surface area (Å²) in [5.41, 5.74) is 16.1. The van der Waals surface area contributed by atoms with Gasteiger partial charge in [-0.05, 0) is 78.8 Å². The van der Waals surface area contributed by atoms with Gasteiger partial charge >= 0.3 is 5.97 Å². The summed E-state index contributed by atoms with van der Waals surface area (Å²) < 4.78 is 11.0. The summed E-state index contributed by atoms with van der Waals surface area (Å²) in [6.07, 6.45) is 7.05. The minimum Gasteiger partial charge on any atom is -0.494 e. The normalized spacial score (nSPS) is 10.9. The average molecular weight is 431 g/mol. The highest BCUT2D eigenvalue weighted by Crippen LogP contribution is 2.26. The van der Waals surface area contributed by atoms with Crippen LogP contribution in [0.15, 0.2) is 78.9 Å². The molecule has 0 aliphatic carbocycles. The first kappa shape index (κ1) is 22.9. The minimum absolute atomic E-state index is 0.304. The van der Waals surface area contributed by atoms with Gasteiger partial charge in [0.25, 0.3) is 0 Å². The van der Waals surface area contributed by atoms with Crippen molar-refractivity contribution in [2.75, 3.05) is 24.7 Å². The van der Waals surface area contributed by atoms with Crippen LogP contribution in [0, 0.1) is 0 Å². The second kappa shape index (κ2) is 12.2. The molecule has 0 saturated carbocycles. The number of unbranched alkanes of at least 4 members (excludes halogenated alkanes) is 3. The predicted molar refractivity (Wildman–Crippen MR) is 131 cm³/mol. The van der Waals surface area contributed by atoms with E-state index >= 15 is 0 Å². The van der Waals surface area contributed by atoms with E-state index in [2.05, 4.69) is 0 Å². The highest BCUT2D eigenvalue weighted by Gasteiger charge is 2.02. The molecule has 0 aliphatic heterocycles. The smallest absolute Gasteiger partial charge is 0.330 e. The van der Waals surface area contributed by atoms with Gasteiger partial charge in [-0.1, -0.05) is 42.5 Å². The van der Waals surface area contributed by atoms with Crippen molar-refractivity contribution in [3.63, 3.8) is 0 Å². The molecule has 0 bridgehead atoms. The van der Waals surface area contributed by atoms with Crippen molar-refractivity contribution in [3.05, 3.63) is 84.4 Å². The van der Waals surface area contributed by atoms with Gasteiger partial charge in [-0.25, -0.2) is 4.79 Å². The average Bonchev–Trinajstić information content (AvgIpc) is 2.80. The van der Waals surface area contributed by atoms with Gasteiger partial charge in [-0.3, -0.25) is 0 Å². The third-order valence-corrected chi connectivity index (χ3v) is 4.93. The van der Waals surface area contributed by atoms with Crippen LogP contribution in [-0.2, 0) is 9.53 Å². The topological polar surface area (TPSA) is 87.6 Å². The Morgan fingerprint density at radius 3 is 2.09 bits per heavy atom. The maximum Gasteiger partial charge on any atom is 0.330 e. The van der Waals surface area contributed by atoms with Crippen LogP contribution >= 0.6 is 0 Å².